The number of nitrogens with zero attached hydrogens (tertiary/aromatic N) is 1. The van der Waals surface area contributed by atoms with Crippen LogP contribution in [-0.4, -0.2) is 21.7 Å². The normalized spacial score (nSPS) is 17.0. The molecule has 0 atom stereocenters. The lowest BCUT2D eigenvalue weighted by Crippen LogP contribution is -2.35. The van der Waals surface area contributed by atoms with Crippen molar-refractivity contribution < 1.29 is 9.90 Å². The van der Waals surface area contributed by atoms with E-state index in [2.05, 4.69) is 41.1 Å². The van der Waals surface area contributed by atoms with Crippen LogP contribution in [0.3, 0.4) is 0 Å². The molecule has 0 saturated heterocycles. The van der Waals surface area contributed by atoms with Crippen LogP contribution >= 0.6 is 0 Å². The number of fused-ring (bicyclic) bond motifs is 1. The third-order valence-electron chi connectivity index (χ3n) is 6.02. The van der Waals surface area contributed by atoms with E-state index in [-0.39, 0.29) is 0 Å². The zero-order valence-electron chi connectivity index (χ0n) is 15.6. The average molecular weight is 352 g/mol. The monoisotopic (exact) mass is 352 g/mol. The van der Waals surface area contributed by atoms with Crippen molar-refractivity contribution in [1.29, 1.82) is 0 Å². The van der Waals surface area contributed by atoms with E-state index < -0.39 is 5.97 Å². The summed E-state index contributed by atoms with van der Waals surface area (Å²) in [6.45, 7) is 3.41. The van der Waals surface area contributed by atoms with Gasteiger partial charge in [0.15, 0.2) is 0 Å². The number of carboxylic acid groups (broad SMARTS) is 1. The first-order valence-electron chi connectivity index (χ1n) is 9.89. The van der Waals surface area contributed by atoms with Gasteiger partial charge in [0.25, 0.3) is 0 Å². The molecular weight excluding hydrogens is 324 g/mol. The standard InChI is InChI=1S/C22H28N2O2/c1-15-9-11-16(12-10-15)14-24-20-8-3-2-7-18(20)19(21(24)22(25)26)13-23-17-5-4-6-17/h9-12,17,23H,2-8,13-14H2,1H3,(H,25,26). The Morgan fingerprint density at radius 1 is 1.15 bits per heavy atom. The SMILES string of the molecule is Cc1ccc(Cn2c3c(c(CNC4CCC4)c2C(=O)O)CCCC3)cc1. The minimum absolute atomic E-state index is 0.504. The van der Waals surface area contributed by atoms with E-state index in [4.69, 9.17) is 0 Å². The highest BCUT2D eigenvalue weighted by Crippen LogP contribution is 2.32. The maximum absolute atomic E-state index is 12.2. The molecule has 0 amide bonds. The number of hydrogen-bond acceptors (Lipinski definition) is 2. The summed E-state index contributed by atoms with van der Waals surface area (Å²) in [4.78, 5) is 12.2. The molecule has 4 rings (SSSR count). The van der Waals surface area contributed by atoms with Crippen LogP contribution in [0.2, 0.25) is 0 Å². The number of benzene rings is 1. The van der Waals surface area contributed by atoms with Gasteiger partial charge in [-0.2, -0.15) is 0 Å². The maximum Gasteiger partial charge on any atom is 0.352 e. The number of carbonyl (C=O) groups is 1. The molecule has 26 heavy (non-hydrogen) atoms. The predicted molar refractivity (Wildman–Crippen MR) is 103 cm³/mol. The van der Waals surface area contributed by atoms with Crippen LogP contribution in [0.5, 0.6) is 0 Å². The highest BCUT2D eigenvalue weighted by atomic mass is 16.4. The zero-order chi connectivity index (χ0) is 18.1. The van der Waals surface area contributed by atoms with Crippen LogP contribution in [0.1, 0.15) is 70.5 Å². The summed E-state index contributed by atoms with van der Waals surface area (Å²) in [5.74, 6) is -0.795. The fraction of sp³-hybridized carbons (Fsp3) is 0.500. The number of aryl methyl sites for hydroxylation is 1. The first-order valence-corrected chi connectivity index (χ1v) is 9.89. The van der Waals surface area contributed by atoms with Crippen molar-refractivity contribution in [3.8, 4) is 0 Å². The summed E-state index contributed by atoms with van der Waals surface area (Å²) in [5, 5.41) is 13.6. The molecule has 138 valence electrons. The number of hydrogen-bond donors (Lipinski definition) is 2. The molecule has 1 aromatic carbocycles. The van der Waals surface area contributed by atoms with Crippen molar-refractivity contribution in [2.24, 2.45) is 0 Å². The van der Waals surface area contributed by atoms with E-state index >= 15 is 0 Å². The Balaban J connectivity index is 1.71. The van der Waals surface area contributed by atoms with Crippen LogP contribution in [-0.2, 0) is 25.9 Å². The van der Waals surface area contributed by atoms with Gasteiger partial charge in [-0.05, 0) is 56.6 Å². The summed E-state index contributed by atoms with van der Waals surface area (Å²) in [6.07, 6.45) is 8.04. The van der Waals surface area contributed by atoms with Gasteiger partial charge < -0.3 is 15.0 Å². The summed E-state index contributed by atoms with van der Waals surface area (Å²) < 4.78 is 2.08. The summed E-state index contributed by atoms with van der Waals surface area (Å²) in [5.41, 5.74) is 6.48. The van der Waals surface area contributed by atoms with Gasteiger partial charge in [-0.3, -0.25) is 0 Å². The largest absolute Gasteiger partial charge is 0.477 e. The summed E-state index contributed by atoms with van der Waals surface area (Å²) >= 11 is 0. The van der Waals surface area contributed by atoms with E-state index in [1.54, 1.807) is 0 Å². The molecule has 0 bridgehead atoms. The molecule has 0 radical (unpaired) electrons. The highest BCUT2D eigenvalue weighted by molar-refractivity contribution is 5.89. The third kappa shape index (κ3) is 3.30. The first-order chi connectivity index (χ1) is 12.6. The third-order valence-corrected chi connectivity index (χ3v) is 6.02. The fourth-order valence-electron chi connectivity index (χ4n) is 4.30. The first kappa shape index (κ1) is 17.3. The molecule has 4 nitrogen and oxygen atoms in total. The average Bonchev–Trinajstić information content (AvgIpc) is 2.90. The Labute approximate surface area is 155 Å². The highest BCUT2D eigenvalue weighted by Gasteiger charge is 2.29. The van der Waals surface area contributed by atoms with Crippen molar-refractivity contribution >= 4 is 5.97 Å². The van der Waals surface area contributed by atoms with Gasteiger partial charge in [-0.25, -0.2) is 4.79 Å². The second-order valence-corrected chi connectivity index (χ2v) is 7.85. The van der Waals surface area contributed by atoms with Gasteiger partial charge in [0.1, 0.15) is 5.69 Å². The van der Waals surface area contributed by atoms with Crippen molar-refractivity contribution in [2.45, 2.75) is 71.0 Å². The summed E-state index contributed by atoms with van der Waals surface area (Å²) in [6, 6.07) is 9.00. The van der Waals surface area contributed by atoms with E-state index in [1.807, 2.05) is 0 Å². The molecule has 0 spiro atoms. The number of aromatic carboxylic acids is 1. The Morgan fingerprint density at radius 2 is 1.88 bits per heavy atom. The molecule has 4 heteroatoms. The molecule has 0 aliphatic heterocycles. The molecule has 0 unspecified atom stereocenters. The molecule has 2 aliphatic rings. The van der Waals surface area contributed by atoms with Crippen molar-refractivity contribution in [3.05, 3.63) is 57.9 Å². The molecule has 2 aliphatic carbocycles. The van der Waals surface area contributed by atoms with E-state index in [9.17, 15) is 9.90 Å². The quantitative estimate of drug-likeness (QED) is 0.824. The Kier molecular flexibility index (Phi) is 4.86. The van der Waals surface area contributed by atoms with Gasteiger partial charge in [0.05, 0.1) is 0 Å². The number of carboxylic acids is 1. The minimum Gasteiger partial charge on any atom is -0.477 e. The van der Waals surface area contributed by atoms with Crippen LogP contribution in [0.25, 0.3) is 0 Å². The lowest BCUT2D eigenvalue weighted by atomic mass is 9.91. The lowest BCUT2D eigenvalue weighted by molar-refractivity contribution is 0.0683. The van der Waals surface area contributed by atoms with Crippen molar-refractivity contribution in [2.75, 3.05) is 0 Å². The topological polar surface area (TPSA) is 54.3 Å². The lowest BCUT2D eigenvalue weighted by Gasteiger charge is -2.27. The smallest absolute Gasteiger partial charge is 0.352 e. The van der Waals surface area contributed by atoms with E-state index in [0.717, 1.165) is 31.2 Å². The van der Waals surface area contributed by atoms with Crippen LogP contribution in [0.4, 0.5) is 0 Å². The second kappa shape index (κ2) is 7.28. The van der Waals surface area contributed by atoms with Crippen LogP contribution in [0, 0.1) is 6.92 Å². The molecular formula is C22H28N2O2. The number of rotatable bonds is 6. The maximum atomic E-state index is 12.2. The predicted octanol–water partition coefficient (Wildman–Crippen LogP) is 4.06. The van der Waals surface area contributed by atoms with Crippen LogP contribution < -0.4 is 5.32 Å². The molecule has 1 fully saturated rings. The van der Waals surface area contributed by atoms with Gasteiger partial charge >= 0.3 is 5.97 Å². The molecule has 1 aromatic heterocycles. The van der Waals surface area contributed by atoms with Crippen LogP contribution in [0.15, 0.2) is 24.3 Å². The minimum atomic E-state index is -0.795. The molecule has 2 aromatic rings. The van der Waals surface area contributed by atoms with E-state index in [1.165, 1.54) is 41.6 Å². The van der Waals surface area contributed by atoms with Gasteiger partial charge in [0.2, 0.25) is 0 Å². The van der Waals surface area contributed by atoms with Gasteiger partial charge in [-0.1, -0.05) is 36.2 Å². The molecule has 2 N–H and O–H groups in total. The van der Waals surface area contributed by atoms with E-state index in [0.29, 0.717) is 24.8 Å². The van der Waals surface area contributed by atoms with Gasteiger partial charge in [0, 0.05) is 30.4 Å². The molecule has 1 heterocycles. The Hall–Kier alpha value is -2.07. The Bertz CT molecular complexity index is 801. The second-order valence-electron chi connectivity index (χ2n) is 7.85. The van der Waals surface area contributed by atoms with Crippen molar-refractivity contribution in [1.82, 2.24) is 9.88 Å². The number of nitrogens with one attached hydrogen (secondary N) is 1. The molecule has 1 saturated carbocycles. The Morgan fingerprint density at radius 3 is 2.54 bits per heavy atom. The summed E-state index contributed by atoms with van der Waals surface area (Å²) in [7, 11) is 0. The van der Waals surface area contributed by atoms with Gasteiger partial charge in [-0.15, -0.1) is 0 Å². The zero-order valence-corrected chi connectivity index (χ0v) is 15.6. The fourth-order valence-corrected chi connectivity index (χ4v) is 4.30. The van der Waals surface area contributed by atoms with Crippen molar-refractivity contribution in [3.63, 3.8) is 0 Å². The number of aromatic nitrogens is 1.